The van der Waals surface area contributed by atoms with E-state index in [1.807, 2.05) is 36.4 Å². The molecule has 1 fully saturated rings. The fraction of sp³-hybridized carbons (Fsp3) is 0.231. The lowest BCUT2D eigenvalue weighted by molar-refractivity contribution is 0.104. The standard InChI is InChI=1S/C26H25ClN4O2/c27-22-14-19(33-18-4-2-1-3-5-18)10-11-20(22)25(32)21-15-30-26-24(21)23(12-13-29-26)31-17-8-6-16(28)7-9-17/h1-5,10-17H,6-9,28H2,(H2,29,30,31). The van der Waals surface area contributed by atoms with Crippen LogP contribution >= 0.6 is 11.6 Å². The maximum atomic E-state index is 13.5. The van der Waals surface area contributed by atoms with E-state index >= 15 is 0 Å². The number of hydrogen-bond acceptors (Lipinski definition) is 5. The molecule has 0 radical (unpaired) electrons. The minimum atomic E-state index is -0.167. The van der Waals surface area contributed by atoms with E-state index in [4.69, 9.17) is 22.1 Å². The molecule has 2 heterocycles. The number of carbonyl (C=O) groups excluding carboxylic acids is 1. The second-order valence-corrected chi connectivity index (χ2v) is 8.83. The van der Waals surface area contributed by atoms with Crippen molar-refractivity contribution in [3.8, 4) is 11.5 Å². The van der Waals surface area contributed by atoms with Gasteiger partial charge in [-0.05, 0) is 56.0 Å². The van der Waals surface area contributed by atoms with Crippen LogP contribution < -0.4 is 15.8 Å². The molecule has 0 saturated heterocycles. The van der Waals surface area contributed by atoms with Crippen LogP contribution in [0.25, 0.3) is 11.0 Å². The molecule has 0 unspecified atom stereocenters. The summed E-state index contributed by atoms with van der Waals surface area (Å²) in [6, 6.07) is 17.1. The third kappa shape index (κ3) is 4.58. The second-order valence-electron chi connectivity index (χ2n) is 8.43. The number of H-pyrrole nitrogens is 1. The largest absolute Gasteiger partial charge is 0.457 e. The lowest BCUT2D eigenvalue weighted by atomic mass is 9.91. The van der Waals surface area contributed by atoms with E-state index in [0.717, 1.165) is 36.8 Å². The molecule has 4 aromatic rings. The number of rotatable bonds is 6. The molecule has 5 rings (SSSR count). The Morgan fingerprint density at radius 1 is 1.03 bits per heavy atom. The Hall–Kier alpha value is -3.35. The number of nitrogens with zero attached hydrogens (tertiary/aromatic N) is 1. The number of nitrogens with two attached hydrogens (primary N) is 1. The molecule has 6 nitrogen and oxygen atoms in total. The number of aromatic amines is 1. The molecule has 0 aliphatic heterocycles. The Bertz CT molecular complexity index is 1280. The summed E-state index contributed by atoms with van der Waals surface area (Å²) in [5.74, 6) is 1.11. The topological polar surface area (TPSA) is 93.0 Å². The fourth-order valence-corrected chi connectivity index (χ4v) is 4.61. The van der Waals surface area contributed by atoms with Gasteiger partial charge in [-0.2, -0.15) is 0 Å². The SMILES string of the molecule is NC1CCC(Nc2ccnc3[nH]cc(C(=O)c4ccc(Oc5ccccc5)cc4Cl)c23)CC1. The van der Waals surface area contributed by atoms with Crippen molar-refractivity contribution in [2.45, 2.75) is 37.8 Å². The van der Waals surface area contributed by atoms with Crippen LogP contribution in [0.3, 0.4) is 0 Å². The number of anilines is 1. The number of aromatic nitrogens is 2. The zero-order valence-electron chi connectivity index (χ0n) is 18.1. The number of halogens is 1. The fourth-order valence-electron chi connectivity index (χ4n) is 4.35. The van der Waals surface area contributed by atoms with Crippen LogP contribution in [0.5, 0.6) is 11.5 Å². The van der Waals surface area contributed by atoms with Gasteiger partial charge in [0.1, 0.15) is 17.1 Å². The number of ether oxygens (including phenoxy) is 1. The van der Waals surface area contributed by atoms with Gasteiger partial charge in [0, 0.05) is 41.8 Å². The molecule has 168 valence electrons. The predicted molar refractivity (Wildman–Crippen MR) is 131 cm³/mol. The Balaban J connectivity index is 1.42. The van der Waals surface area contributed by atoms with Crippen LogP contribution in [0, 0.1) is 0 Å². The molecule has 4 N–H and O–H groups in total. The molecule has 1 aliphatic rings. The van der Waals surface area contributed by atoms with Gasteiger partial charge in [-0.25, -0.2) is 4.98 Å². The predicted octanol–water partition coefficient (Wildman–Crippen LogP) is 5.92. The molecule has 0 bridgehead atoms. The zero-order chi connectivity index (χ0) is 22.8. The Morgan fingerprint density at radius 2 is 1.82 bits per heavy atom. The van der Waals surface area contributed by atoms with Crippen molar-refractivity contribution in [3.05, 3.63) is 83.1 Å². The van der Waals surface area contributed by atoms with Gasteiger partial charge in [0.25, 0.3) is 0 Å². The van der Waals surface area contributed by atoms with Gasteiger partial charge in [-0.3, -0.25) is 4.79 Å². The van der Waals surface area contributed by atoms with E-state index in [2.05, 4.69) is 15.3 Å². The first-order chi connectivity index (χ1) is 16.1. The van der Waals surface area contributed by atoms with Crippen molar-refractivity contribution in [2.75, 3.05) is 5.32 Å². The number of carbonyl (C=O) groups is 1. The molecule has 2 aromatic heterocycles. The van der Waals surface area contributed by atoms with Gasteiger partial charge in [0.05, 0.1) is 16.0 Å². The first kappa shape index (κ1) is 21.5. The van der Waals surface area contributed by atoms with Crippen molar-refractivity contribution in [3.63, 3.8) is 0 Å². The highest BCUT2D eigenvalue weighted by Gasteiger charge is 2.23. The van der Waals surface area contributed by atoms with E-state index < -0.39 is 0 Å². The summed E-state index contributed by atoms with van der Waals surface area (Å²) < 4.78 is 5.84. The summed E-state index contributed by atoms with van der Waals surface area (Å²) in [4.78, 5) is 21.0. The third-order valence-electron chi connectivity index (χ3n) is 6.11. The van der Waals surface area contributed by atoms with Crippen LogP contribution in [0.4, 0.5) is 5.69 Å². The number of pyridine rings is 1. The molecule has 1 aliphatic carbocycles. The molecule has 0 atom stereocenters. The van der Waals surface area contributed by atoms with E-state index in [-0.39, 0.29) is 11.8 Å². The van der Waals surface area contributed by atoms with Gasteiger partial charge in [-0.15, -0.1) is 0 Å². The van der Waals surface area contributed by atoms with Crippen LogP contribution in [0.2, 0.25) is 5.02 Å². The van der Waals surface area contributed by atoms with Crippen molar-refractivity contribution >= 4 is 34.1 Å². The van der Waals surface area contributed by atoms with Crippen molar-refractivity contribution < 1.29 is 9.53 Å². The quantitative estimate of drug-likeness (QED) is 0.310. The van der Waals surface area contributed by atoms with Crippen LogP contribution in [-0.2, 0) is 0 Å². The molecule has 2 aromatic carbocycles. The number of benzene rings is 2. The lowest BCUT2D eigenvalue weighted by Crippen LogP contribution is -2.32. The van der Waals surface area contributed by atoms with Crippen molar-refractivity contribution in [1.82, 2.24) is 9.97 Å². The van der Waals surface area contributed by atoms with Gasteiger partial charge < -0.3 is 20.8 Å². The number of fused-ring (bicyclic) bond motifs is 1. The molecule has 1 saturated carbocycles. The molecule has 7 heteroatoms. The number of ketones is 1. The second kappa shape index (κ2) is 9.25. The average Bonchev–Trinajstić information content (AvgIpc) is 3.26. The maximum Gasteiger partial charge on any atom is 0.196 e. The minimum absolute atomic E-state index is 0.167. The summed E-state index contributed by atoms with van der Waals surface area (Å²) >= 11 is 6.51. The van der Waals surface area contributed by atoms with Gasteiger partial charge in [-0.1, -0.05) is 29.8 Å². The van der Waals surface area contributed by atoms with Crippen LogP contribution in [0.15, 0.2) is 67.0 Å². The highest BCUT2D eigenvalue weighted by atomic mass is 35.5. The van der Waals surface area contributed by atoms with E-state index in [1.54, 1.807) is 30.6 Å². The first-order valence-corrected chi connectivity index (χ1v) is 11.5. The molecular weight excluding hydrogens is 436 g/mol. The monoisotopic (exact) mass is 460 g/mol. The summed E-state index contributed by atoms with van der Waals surface area (Å²) in [6.07, 6.45) is 7.45. The number of para-hydroxylation sites is 1. The number of hydrogen-bond donors (Lipinski definition) is 3. The van der Waals surface area contributed by atoms with Crippen molar-refractivity contribution in [1.29, 1.82) is 0 Å². The van der Waals surface area contributed by atoms with E-state index in [9.17, 15) is 4.79 Å². The Morgan fingerprint density at radius 3 is 2.58 bits per heavy atom. The molecule has 0 spiro atoms. The maximum absolute atomic E-state index is 13.5. The summed E-state index contributed by atoms with van der Waals surface area (Å²) in [6.45, 7) is 0. The van der Waals surface area contributed by atoms with Crippen LogP contribution in [0.1, 0.15) is 41.6 Å². The highest BCUT2D eigenvalue weighted by molar-refractivity contribution is 6.35. The summed E-state index contributed by atoms with van der Waals surface area (Å²) in [5, 5.41) is 4.72. The first-order valence-electron chi connectivity index (χ1n) is 11.1. The molecular formula is C26H25ClN4O2. The summed E-state index contributed by atoms with van der Waals surface area (Å²) in [7, 11) is 0. The van der Waals surface area contributed by atoms with Crippen LogP contribution in [-0.4, -0.2) is 27.8 Å². The smallest absolute Gasteiger partial charge is 0.196 e. The van der Waals surface area contributed by atoms with E-state index in [1.165, 1.54) is 0 Å². The molecule has 0 amide bonds. The third-order valence-corrected chi connectivity index (χ3v) is 6.43. The van der Waals surface area contributed by atoms with Crippen molar-refractivity contribution in [2.24, 2.45) is 5.73 Å². The summed E-state index contributed by atoms with van der Waals surface area (Å²) in [5.41, 5.74) is 8.56. The van der Waals surface area contributed by atoms with Gasteiger partial charge in [0.2, 0.25) is 0 Å². The lowest BCUT2D eigenvalue weighted by Gasteiger charge is -2.28. The molecule has 33 heavy (non-hydrogen) atoms. The van der Waals surface area contributed by atoms with Gasteiger partial charge >= 0.3 is 0 Å². The van der Waals surface area contributed by atoms with Gasteiger partial charge in [0.15, 0.2) is 5.78 Å². The minimum Gasteiger partial charge on any atom is -0.457 e. The Kier molecular flexibility index (Phi) is 6.03. The normalized spacial score (nSPS) is 18.2. The van der Waals surface area contributed by atoms with E-state index in [0.29, 0.717) is 39.3 Å². The number of nitrogens with one attached hydrogen (secondary N) is 2. The zero-order valence-corrected chi connectivity index (χ0v) is 18.8. The highest BCUT2D eigenvalue weighted by Crippen LogP contribution is 2.33. The average molecular weight is 461 g/mol. The Labute approximate surface area is 197 Å².